The first-order valence-corrected chi connectivity index (χ1v) is 12.1. The Kier molecular flexibility index (Phi) is 6.62. The molecule has 1 atom stereocenters. The van der Waals surface area contributed by atoms with Crippen LogP contribution in [-0.2, 0) is 16.3 Å². The Hall–Kier alpha value is -3.35. The average molecular weight is 545 g/mol. The summed E-state index contributed by atoms with van der Waals surface area (Å²) in [5.74, 6) is -2.77. The predicted octanol–water partition coefficient (Wildman–Crippen LogP) is 5.49. The highest BCUT2D eigenvalue weighted by Crippen LogP contribution is 2.44. The van der Waals surface area contributed by atoms with Gasteiger partial charge in [0.25, 0.3) is 16.0 Å². The Bertz CT molecular complexity index is 1480. The van der Waals surface area contributed by atoms with Crippen LogP contribution in [0.2, 0.25) is 5.02 Å². The van der Waals surface area contributed by atoms with Crippen LogP contribution >= 0.6 is 11.6 Å². The van der Waals surface area contributed by atoms with Crippen molar-refractivity contribution in [3.05, 3.63) is 81.6 Å². The first-order valence-electron chi connectivity index (χ1n) is 10.3. The number of ether oxygens (including phenoxy) is 1. The molecule has 1 aliphatic heterocycles. The summed E-state index contributed by atoms with van der Waals surface area (Å²) in [4.78, 5) is 12.5. The molecule has 13 heteroatoms. The molecule has 190 valence electrons. The Morgan fingerprint density at radius 3 is 2.50 bits per heavy atom. The molecule has 3 aromatic carbocycles. The van der Waals surface area contributed by atoms with Gasteiger partial charge in [0.15, 0.2) is 11.6 Å². The van der Waals surface area contributed by atoms with Gasteiger partial charge in [-0.1, -0.05) is 29.8 Å². The summed E-state index contributed by atoms with van der Waals surface area (Å²) in [6, 6.07) is 9.11. The second-order valence-corrected chi connectivity index (χ2v) is 9.68. The lowest BCUT2D eigenvalue weighted by Crippen LogP contribution is -2.23. The number of carbonyl (C=O) groups is 1. The smallest absolute Gasteiger partial charge is 0.417 e. The van der Waals surface area contributed by atoms with Gasteiger partial charge in [-0.3, -0.25) is 9.35 Å². The van der Waals surface area contributed by atoms with Crippen molar-refractivity contribution >= 4 is 39.0 Å². The van der Waals surface area contributed by atoms with Gasteiger partial charge in [0.05, 0.1) is 28.6 Å². The van der Waals surface area contributed by atoms with Gasteiger partial charge in [0, 0.05) is 17.0 Å². The summed E-state index contributed by atoms with van der Waals surface area (Å²) >= 11 is 5.89. The fourth-order valence-corrected chi connectivity index (χ4v) is 5.17. The van der Waals surface area contributed by atoms with Crippen molar-refractivity contribution in [1.29, 1.82) is 0 Å². The largest absolute Gasteiger partial charge is 0.490 e. The van der Waals surface area contributed by atoms with Crippen LogP contribution in [0.3, 0.4) is 0 Å². The van der Waals surface area contributed by atoms with Gasteiger partial charge in [-0.2, -0.15) is 21.6 Å². The Balaban J connectivity index is 1.89. The Morgan fingerprint density at radius 2 is 1.83 bits per heavy atom. The summed E-state index contributed by atoms with van der Waals surface area (Å²) in [6.45, 7) is -0.0360. The van der Waals surface area contributed by atoms with Crippen LogP contribution in [0, 0.1) is 5.82 Å². The molecule has 0 saturated heterocycles. The normalized spacial score (nSPS) is 15.7. The van der Waals surface area contributed by atoms with E-state index < -0.39 is 55.1 Å². The molecule has 3 aromatic rings. The van der Waals surface area contributed by atoms with Crippen LogP contribution in [0.1, 0.15) is 39.4 Å². The zero-order valence-electron chi connectivity index (χ0n) is 18.1. The summed E-state index contributed by atoms with van der Waals surface area (Å²) in [5, 5.41) is 1.50. The van der Waals surface area contributed by atoms with Gasteiger partial charge in [-0.25, -0.2) is 4.39 Å². The van der Waals surface area contributed by atoms with E-state index in [1.54, 1.807) is 0 Å². The van der Waals surface area contributed by atoms with Crippen molar-refractivity contribution in [3.8, 4) is 5.75 Å². The van der Waals surface area contributed by atoms with Gasteiger partial charge in [-0.15, -0.1) is 0 Å². The molecule has 0 saturated carbocycles. The van der Waals surface area contributed by atoms with Crippen molar-refractivity contribution in [2.45, 2.75) is 23.4 Å². The standard InChI is InChI=1S/C23H17ClF4N2O5S/c24-16-10-14(22(31)30-19-6-2-5-18(29)21(19)36(32,33)34)13(9-15(16)23(26,27)28)11-7-8-35-20-12(11)3-1-4-17(20)25/h1-6,9-11H,7-8,29H2,(H,30,31)(H,32,33,34). The maximum Gasteiger partial charge on any atom is 0.417 e. The van der Waals surface area contributed by atoms with E-state index in [0.29, 0.717) is 6.07 Å². The van der Waals surface area contributed by atoms with E-state index in [9.17, 15) is 35.3 Å². The van der Waals surface area contributed by atoms with Crippen molar-refractivity contribution in [1.82, 2.24) is 0 Å². The number of hydrogen-bond acceptors (Lipinski definition) is 5. The molecule has 0 fully saturated rings. The maximum absolute atomic E-state index is 14.3. The number of hydrogen-bond donors (Lipinski definition) is 3. The van der Waals surface area contributed by atoms with Crippen molar-refractivity contribution in [3.63, 3.8) is 0 Å². The third-order valence-electron chi connectivity index (χ3n) is 5.64. The quantitative estimate of drug-likeness (QED) is 0.227. The molecule has 4 rings (SSSR count). The first kappa shape index (κ1) is 25.7. The van der Waals surface area contributed by atoms with Gasteiger partial charge in [-0.05, 0) is 42.3 Å². The number of rotatable bonds is 4. The number of nitrogen functional groups attached to an aromatic ring is 1. The number of nitrogens with two attached hydrogens (primary N) is 1. The fraction of sp³-hybridized carbons (Fsp3) is 0.174. The predicted molar refractivity (Wildman–Crippen MR) is 123 cm³/mol. The number of alkyl halides is 3. The zero-order valence-corrected chi connectivity index (χ0v) is 19.6. The highest BCUT2D eigenvalue weighted by atomic mass is 35.5. The summed E-state index contributed by atoms with van der Waals surface area (Å²) < 4.78 is 93.9. The monoisotopic (exact) mass is 544 g/mol. The average Bonchev–Trinajstić information content (AvgIpc) is 2.77. The minimum atomic E-state index is -4.87. The highest BCUT2D eigenvalue weighted by Gasteiger charge is 2.37. The summed E-state index contributed by atoms with van der Waals surface area (Å²) in [6.07, 6.45) is -4.74. The summed E-state index contributed by atoms with van der Waals surface area (Å²) in [7, 11) is -4.87. The number of benzene rings is 3. The van der Waals surface area contributed by atoms with E-state index in [0.717, 1.165) is 18.2 Å². The molecular formula is C23H17ClF4N2O5S. The van der Waals surface area contributed by atoms with Crippen LogP contribution in [0.4, 0.5) is 28.9 Å². The SMILES string of the molecule is Nc1cccc(NC(=O)c2cc(Cl)c(C(F)(F)F)cc2C2CCOc3c(F)cccc32)c1S(=O)(=O)O. The fourth-order valence-electron chi connectivity index (χ4n) is 4.13. The van der Waals surface area contributed by atoms with Crippen LogP contribution in [-0.4, -0.2) is 25.5 Å². The number of para-hydroxylation sites is 1. The van der Waals surface area contributed by atoms with Crippen LogP contribution in [0.5, 0.6) is 5.75 Å². The molecule has 0 radical (unpaired) electrons. The number of halogens is 5. The lowest BCUT2D eigenvalue weighted by atomic mass is 9.83. The zero-order chi connectivity index (χ0) is 26.4. The van der Waals surface area contributed by atoms with Crippen LogP contribution in [0.15, 0.2) is 53.4 Å². The van der Waals surface area contributed by atoms with Crippen LogP contribution in [0.25, 0.3) is 0 Å². The molecule has 7 nitrogen and oxygen atoms in total. The van der Waals surface area contributed by atoms with Gasteiger partial charge >= 0.3 is 6.18 Å². The molecule has 36 heavy (non-hydrogen) atoms. The molecule has 0 aromatic heterocycles. The van der Waals surface area contributed by atoms with E-state index in [2.05, 4.69) is 5.32 Å². The minimum Gasteiger partial charge on any atom is -0.490 e. The maximum atomic E-state index is 14.3. The van der Waals surface area contributed by atoms with E-state index >= 15 is 0 Å². The van der Waals surface area contributed by atoms with E-state index in [1.807, 2.05) is 0 Å². The Labute approximate surface area is 207 Å². The summed E-state index contributed by atoms with van der Waals surface area (Å²) in [5.41, 5.74) is 3.45. The Morgan fingerprint density at radius 1 is 1.14 bits per heavy atom. The van der Waals surface area contributed by atoms with Gasteiger partial charge < -0.3 is 15.8 Å². The van der Waals surface area contributed by atoms with Crippen LogP contribution < -0.4 is 15.8 Å². The third kappa shape index (κ3) is 4.84. The number of fused-ring (bicyclic) bond motifs is 1. The molecule has 0 spiro atoms. The second-order valence-electron chi connectivity index (χ2n) is 7.92. The lowest BCUT2D eigenvalue weighted by Gasteiger charge is -2.28. The molecule has 0 bridgehead atoms. The molecule has 1 unspecified atom stereocenters. The highest BCUT2D eigenvalue weighted by molar-refractivity contribution is 7.86. The van der Waals surface area contributed by atoms with Crippen molar-refractivity contribution in [2.24, 2.45) is 0 Å². The van der Waals surface area contributed by atoms with Crippen molar-refractivity contribution in [2.75, 3.05) is 17.7 Å². The molecule has 4 N–H and O–H groups in total. The molecule has 1 amide bonds. The third-order valence-corrected chi connectivity index (χ3v) is 6.93. The number of carbonyl (C=O) groups excluding carboxylic acids is 1. The lowest BCUT2D eigenvalue weighted by molar-refractivity contribution is -0.137. The van der Waals surface area contributed by atoms with E-state index in [4.69, 9.17) is 22.1 Å². The molecular weight excluding hydrogens is 528 g/mol. The molecule has 1 heterocycles. The number of anilines is 2. The minimum absolute atomic E-state index is 0.0360. The number of amides is 1. The van der Waals surface area contributed by atoms with Gasteiger partial charge in [0.2, 0.25) is 0 Å². The molecule has 1 aliphatic rings. The number of nitrogens with one attached hydrogen (secondary N) is 1. The first-order chi connectivity index (χ1) is 16.8. The molecule has 0 aliphatic carbocycles. The van der Waals surface area contributed by atoms with E-state index in [-0.39, 0.29) is 41.2 Å². The van der Waals surface area contributed by atoms with Gasteiger partial charge in [0.1, 0.15) is 4.90 Å². The van der Waals surface area contributed by atoms with E-state index in [1.165, 1.54) is 24.3 Å². The second kappa shape index (κ2) is 9.26. The van der Waals surface area contributed by atoms with Crippen molar-refractivity contribution < 1.29 is 40.1 Å². The topological polar surface area (TPSA) is 119 Å².